The van der Waals surface area contributed by atoms with Gasteiger partial charge in [-0.2, -0.15) is 5.10 Å². The van der Waals surface area contributed by atoms with E-state index in [2.05, 4.69) is 26.5 Å². The first kappa shape index (κ1) is 17.7. The summed E-state index contributed by atoms with van der Waals surface area (Å²) in [5.74, 6) is 1.25. The van der Waals surface area contributed by atoms with E-state index in [1.807, 2.05) is 13.0 Å². The predicted octanol–water partition coefficient (Wildman–Crippen LogP) is 4.21. The number of hydrazone groups is 1. The van der Waals surface area contributed by atoms with Gasteiger partial charge in [-0.25, -0.2) is 0 Å². The summed E-state index contributed by atoms with van der Waals surface area (Å²) in [5.41, 5.74) is 4.30. The first-order valence-electron chi connectivity index (χ1n) is 7.09. The molecule has 1 N–H and O–H groups in total. The van der Waals surface area contributed by atoms with E-state index in [1.54, 1.807) is 31.5 Å². The monoisotopic (exact) mass is 393 g/mol. The van der Waals surface area contributed by atoms with E-state index in [4.69, 9.17) is 9.47 Å². The molecule has 24 heavy (non-hydrogen) atoms. The molecule has 8 heteroatoms. The second-order valence-corrected chi connectivity index (χ2v) is 5.49. The zero-order valence-electron chi connectivity index (χ0n) is 13.2. The average molecular weight is 394 g/mol. The molecule has 0 aromatic heterocycles. The minimum Gasteiger partial charge on any atom is -0.493 e. The largest absolute Gasteiger partial charge is 0.493 e. The van der Waals surface area contributed by atoms with Crippen LogP contribution in [0.5, 0.6) is 11.5 Å². The molecule has 0 radical (unpaired) electrons. The van der Waals surface area contributed by atoms with E-state index in [-0.39, 0.29) is 5.69 Å². The predicted molar refractivity (Wildman–Crippen MR) is 96.2 cm³/mol. The minimum absolute atomic E-state index is 0.0313. The molecule has 0 saturated carbocycles. The van der Waals surface area contributed by atoms with E-state index in [1.165, 1.54) is 12.1 Å². The lowest BCUT2D eigenvalue weighted by Gasteiger charge is -2.11. The third-order valence-corrected chi connectivity index (χ3v) is 3.74. The van der Waals surface area contributed by atoms with Crippen LogP contribution in [0.3, 0.4) is 0 Å². The third-order valence-electron chi connectivity index (χ3n) is 3.06. The van der Waals surface area contributed by atoms with Gasteiger partial charge in [0.05, 0.1) is 30.5 Å². The summed E-state index contributed by atoms with van der Waals surface area (Å²) in [6.45, 7) is 2.42. The van der Waals surface area contributed by atoms with Gasteiger partial charge in [-0.05, 0) is 47.1 Å². The number of hydrogen-bond acceptors (Lipinski definition) is 6. The molecular formula is C16H16BrN3O4. The lowest BCUT2D eigenvalue weighted by atomic mass is 10.2. The van der Waals surface area contributed by atoms with Gasteiger partial charge in [0, 0.05) is 22.2 Å². The number of nitrogens with one attached hydrogen (secondary N) is 1. The molecule has 0 aliphatic rings. The normalized spacial score (nSPS) is 10.6. The molecule has 0 unspecified atom stereocenters. The Bertz CT molecular complexity index is 748. The van der Waals surface area contributed by atoms with Crippen LogP contribution in [0.25, 0.3) is 0 Å². The highest BCUT2D eigenvalue weighted by Crippen LogP contribution is 2.32. The number of nitro groups is 1. The average Bonchev–Trinajstić information content (AvgIpc) is 2.58. The summed E-state index contributed by atoms with van der Waals surface area (Å²) >= 11 is 3.46. The van der Waals surface area contributed by atoms with Crippen molar-refractivity contribution in [1.82, 2.24) is 0 Å². The van der Waals surface area contributed by atoms with Crippen LogP contribution in [-0.4, -0.2) is 24.9 Å². The zero-order chi connectivity index (χ0) is 17.5. The van der Waals surface area contributed by atoms with E-state index < -0.39 is 4.92 Å². The summed E-state index contributed by atoms with van der Waals surface area (Å²) in [6, 6.07) is 9.61. The van der Waals surface area contributed by atoms with Crippen molar-refractivity contribution in [3.63, 3.8) is 0 Å². The van der Waals surface area contributed by atoms with Crippen molar-refractivity contribution < 1.29 is 14.4 Å². The number of methoxy groups -OCH3 is 1. The highest BCUT2D eigenvalue weighted by atomic mass is 79.9. The molecule has 2 rings (SSSR count). The molecule has 0 amide bonds. The van der Waals surface area contributed by atoms with Crippen LogP contribution in [0.4, 0.5) is 11.4 Å². The molecule has 7 nitrogen and oxygen atoms in total. The molecule has 0 heterocycles. The summed E-state index contributed by atoms with van der Waals surface area (Å²) in [5, 5.41) is 14.7. The molecule has 2 aromatic carbocycles. The fourth-order valence-electron chi connectivity index (χ4n) is 1.91. The van der Waals surface area contributed by atoms with Crippen molar-refractivity contribution >= 4 is 33.5 Å². The summed E-state index contributed by atoms with van der Waals surface area (Å²) in [4.78, 5) is 10.2. The van der Waals surface area contributed by atoms with E-state index in [0.29, 0.717) is 23.8 Å². The van der Waals surface area contributed by atoms with Crippen molar-refractivity contribution in [3.05, 3.63) is 56.5 Å². The Morgan fingerprint density at radius 3 is 2.58 bits per heavy atom. The number of non-ortho nitro benzene ring substituents is 1. The van der Waals surface area contributed by atoms with Gasteiger partial charge in [0.1, 0.15) is 0 Å². The van der Waals surface area contributed by atoms with Crippen LogP contribution in [0.1, 0.15) is 12.5 Å². The Morgan fingerprint density at radius 1 is 1.29 bits per heavy atom. The smallest absolute Gasteiger partial charge is 0.269 e. The number of rotatable bonds is 7. The maximum absolute atomic E-state index is 10.6. The van der Waals surface area contributed by atoms with Crippen LogP contribution >= 0.6 is 15.9 Å². The van der Waals surface area contributed by atoms with Gasteiger partial charge >= 0.3 is 0 Å². The number of ether oxygens (including phenoxy) is 2. The second kappa shape index (κ2) is 8.30. The van der Waals surface area contributed by atoms with Gasteiger partial charge in [0.2, 0.25) is 0 Å². The number of nitrogens with zero attached hydrogens (tertiary/aromatic N) is 2. The number of hydrogen-bond donors (Lipinski definition) is 1. The first-order chi connectivity index (χ1) is 11.5. The number of anilines is 1. The van der Waals surface area contributed by atoms with Crippen molar-refractivity contribution in [2.45, 2.75) is 6.92 Å². The maximum Gasteiger partial charge on any atom is 0.269 e. The van der Waals surface area contributed by atoms with Crippen molar-refractivity contribution in [2.75, 3.05) is 19.1 Å². The van der Waals surface area contributed by atoms with Crippen LogP contribution in [0, 0.1) is 10.1 Å². The summed E-state index contributed by atoms with van der Waals surface area (Å²) < 4.78 is 11.6. The number of halogens is 1. The Labute approximate surface area is 147 Å². The molecule has 0 atom stereocenters. The Balaban J connectivity index is 2.13. The number of nitro benzene ring substituents is 1. The summed E-state index contributed by atoms with van der Waals surface area (Å²) in [6.07, 6.45) is 1.62. The van der Waals surface area contributed by atoms with Crippen LogP contribution < -0.4 is 14.9 Å². The van der Waals surface area contributed by atoms with Crippen molar-refractivity contribution in [1.29, 1.82) is 0 Å². The highest BCUT2D eigenvalue weighted by Gasteiger charge is 2.09. The van der Waals surface area contributed by atoms with Gasteiger partial charge in [-0.3, -0.25) is 15.5 Å². The van der Waals surface area contributed by atoms with Gasteiger partial charge in [-0.15, -0.1) is 0 Å². The first-order valence-corrected chi connectivity index (χ1v) is 7.88. The fraction of sp³-hybridized carbons (Fsp3) is 0.188. The molecule has 0 saturated heterocycles. The van der Waals surface area contributed by atoms with Crippen LogP contribution in [0.15, 0.2) is 46.0 Å². The Morgan fingerprint density at radius 2 is 2.00 bits per heavy atom. The standard InChI is InChI=1S/C16H16BrN3O4/c1-3-24-16-8-11(14(17)9-15(16)23-2)10-18-19-12-4-6-13(7-5-12)20(21)22/h4-10,19H,3H2,1-2H3/b18-10+. The Kier molecular flexibility index (Phi) is 6.14. The molecule has 0 bridgehead atoms. The lowest BCUT2D eigenvalue weighted by molar-refractivity contribution is -0.384. The lowest BCUT2D eigenvalue weighted by Crippen LogP contribution is -1.98. The van der Waals surface area contributed by atoms with E-state index >= 15 is 0 Å². The van der Waals surface area contributed by atoms with E-state index in [9.17, 15) is 10.1 Å². The fourth-order valence-corrected chi connectivity index (χ4v) is 2.34. The molecule has 0 spiro atoms. The van der Waals surface area contributed by atoms with Crippen LogP contribution in [0.2, 0.25) is 0 Å². The number of benzene rings is 2. The second-order valence-electron chi connectivity index (χ2n) is 4.63. The molecule has 0 fully saturated rings. The maximum atomic E-state index is 10.6. The molecular weight excluding hydrogens is 378 g/mol. The van der Waals surface area contributed by atoms with Gasteiger partial charge in [0.25, 0.3) is 5.69 Å². The topological polar surface area (TPSA) is 86.0 Å². The molecule has 2 aromatic rings. The zero-order valence-corrected chi connectivity index (χ0v) is 14.7. The SMILES string of the molecule is CCOc1cc(/C=N/Nc2ccc([N+](=O)[O-])cc2)c(Br)cc1OC. The van der Waals surface area contributed by atoms with Gasteiger partial charge < -0.3 is 9.47 Å². The molecule has 0 aliphatic carbocycles. The van der Waals surface area contributed by atoms with Crippen LogP contribution in [-0.2, 0) is 0 Å². The minimum atomic E-state index is -0.448. The third kappa shape index (κ3) is 4.45. The Hall–Kier alpha value is -2.61. The highest BCUT2D eigenvalue weighted by molar-refractivity contribution is 9.10. The van der Waals surface area contributed by atoms with Crippen molar-refractivity contribution in [3.8, 4) is 11.5 Å². The van der Waals surface area contributed by atoms with Gasteiger partial charge in [0.15, 0.2) is 11.5 Å². The van der Waals surface area contributed by atoms with E-state index in [0.717, 1.165) is 10.0 Å². The molecule has 126 valence electrons. The van der Waals surface area contributed by atoms with Gasteiger partial charge in [-0.1, -0.05) is 0 Å². The quantitative estimate of drug-likeness (QED) is 0.432. The molecule has 0 aliphatic heterocycles. The summed E-state index contributed by atoms with van der Waals surface area (Å²) in [7, 11) is 1.58. The van der Waals surface area contributed by atoms with Crippen molar-refractivity contribution in [2.24, 2.45) is 5.10 Å².